The van der Waals surface area contributed by atoms with Crippen molar-refractivity contribution in [2.75, 3.05) is 7.11 Å². The molecule has 1 fully saturated rings. The first kappa shape index (κ1) is 14.9. The van der Waals surface area contributed by atoms with Crippen LogP contribution in [0, 0.1) is 5.92 Å². The molecule has 0 radical (unpaired) electrons. The van der Waals surface area contributed by atoms with E-state index in [2.05, 4.69) is 5.32 Å². The van der Waals surface area contributed by atoms with Crippen LogP contribution in [0.5, 0.6) is 0 Å². The zero-order valence-electron chi connectivity index (χ0n) is 11.5. The molecule has 1 aromatic carbocycles. The number of nitrogens with two attached hydrogens (primary N) is 1. The van der Waals surface area contributed by atoms with Crippen molar-refractivity contribution < 1.29 is 9.53 Å². The summed E-state index contributed by atoms with van der Waals surface area (Å²) in [6.45, 7) is 0. The van der Waals surface area contributed by atoms with Crippen LogP contribution >= 0.6 is 12.2 Å². The van der Waals surface area contributed by atoms with Gasteiger partial charge in [-0.25, -0.2) is 0 Å². The summed E-state index contributed by atoms with van der Waals surface area (Å²) in [6.07, 6.45) is 2.31. The summed E-state index contributed by atoms with van der Waals surface area (Å²) in [6, 6.07) is 9.49. The number of carbonyl (C=O) groups excluding carboxylic acids is 1. The molecule has 0 bridgehead atoms. The van der Waals surface area contributed by atoms with Crippen LogP contribution in [0.25, 0.3) is 0 Å². The number of hydrogen-bond acceptors (Lipinski definition) is 3. The fraction of sp³-hybridized carbons (Fsp3) is 0.467. The van der Waals surface area contributed by atoms with Crippen LogP contribution < -0.4 is 11.1 Å². The minimum absolute atomic E-state index is 0.0290. The van der Waals surface area contributed by atoms with Crippen LogP contribution in [-0.2, 0) is 9.53 Å². The number of amides is 1. The number of thiocarbonyl (C=S) groups is 1. The lowest BCUT2D eigenvalue weighted by molar-refractivity contribution is -0.132. The Labute approximate surface area is 124 Å². The van der Waals surface area contributed by atoms with Crippen molar-refractivity contribution in [2.45, 2.75) is 31.4 Å². The van der Waals surface area contributed by atoms with Crippen molar-refractivity contribution in [1.82, 2.24) is 5.32 Å². The van der Waals surface area contributed by atoms with Gasteiger partial charge in [-0.15, -0.1) is 0 Å². The van der Waals surface area contributed by atoms with Gasteiger partial charge in [-0.05, 0) is 18.4 Å². The zero-order valence-corrected chi connectivity index (χ0v) is 12.4. The Kier molecular flexibility index (Phi) is 5.09. The molecule has 0 aromatic heterocycles. The lowest BCUT2D eigenvalue weighted by atomic mass is 10.0. The Morgan fingerprint density at radius 2 is 2.10 bits per heavy atom. The number of carbonyl (C=O) groups is 1. The third-order valence-corrected chi connectivity index (χ3v) is 4.09. The van der Waals surface area contributed by atoms with Gasteiger partial charge in [0.2, 0.25) is 0 Å². The second kappa shape index (κ2) is 6.81. The topological polar surface area (TPSA) is 64.3 Å². The quantitative estimate of drug-likeness (QED) is 0.814. The van der Waals surface area contributed by atoms with Gasteiger partial charge in [0.05, 0.1) is 4.99 Å². The lowest BCUT2D eigenvalue weighted by Gasteiger charge is -2.23. The van der Waals surface area contributed by atoms with Crippen LogP contribution in [-0.4, -0.2) is 24.0 Å². The monoisotopic (exact) mass is 292 g/mol. The normalized spacial score (nSPS) is 23.2. The standard InChI is InChI=1S/C15H20N2O2S/c1-19-13(10-6-3-2-4-7-10)15(18)17-12-9-5-8-11(12)14(16)20/h2-4,6-7,11-13H,5,8-9H2,1H3,(H2,16,20)(H,17,18). The Balaban J connectivity index is 2.05. The summed E-state index contributed by atoms with van der Waals surface area (Å²) in [4.78, 5) is 12.9. The van der Waals surface area contributed by atoms with E-state index in [0.29, 0.717) is 4.99 Å². The molecular weight excluding hydrogens is 272 g/mol. The van der Waals surface area contributed by atoms with E-state index in [9.17, 15) is 4.79 Å². The fourth-order valence-corrected chi connectivity index (χ4v) is 3.04. The van der Waals surface area contributed by atoms with E-state index in [0.717, 1.165) is 24.8 Å². The van der Waals surface area contributed by atoms with E-state index >= 15 is 0 Å². The molecule has 0 heterocycles. The molecule has 3 unspecified atom stereocenters. The molecule has 0 spiro atoms. The average Bonchev–Trinajstić information content (AvgIpc) is 2.89. The summed E-state index contributed by atoms with van der Waals surface area (Å²) in [5.74, 6) is -0.0333. The van der Waals surface area contributed by atoms with Crippen molar-refractivity contribution in [3.05, 3.63) is 35.9 Å². The van der Waals surface area contributed by atoms with Gasteiger partial charge >= 0.3 is 0 Å². The lowest BCUT2D eigenvalue weighted by Crippen LogP contribution is -2.43. The van der Waals surface area contributed by atoms with Crippen molar-refractivity contribution in [3.8, 4) is 0 Å². The van der Waals surface area contributed by atoms with Gasteiger partial charge in [-0.3, -0.25) is 4.79 Å². The van der Waals surface area contributed by atoms with Gasteiger partial charge < -0.3 is 15.8 Å². The number of methoxy groups -OCH3 is 1. The molecule has 1 amide bonds. The molecule has 20 heavy (non-hydrogen) atoms. The van der Waals surface area contributed by atoms with Crippen molar-refractivity contribution >= 4 is 23.1 Å². The Morgan fingerprint density at radius 1 is 1.40 bits per heavy atom. The zero-order chi connectivity index (χ0) is 14.5. The first-order chi connectivity index (χ1) is 9.63. The number of ether oxygens (including phenoxy) is 1. The number of rotatable bonds is 5. The summed E-state index contributed by atoms with van der Waals surface area (Å²) in [5, 5.41) is 3.03. The molecule has 2 rings (SSSR count). The predicted octanol–water partition coefficient (Wildman–Crippen LogP) is 1.95. The highest BCUT2D eigenvalue weighted by molar-refractivity contribution is 7.80. The van der Waals surface area contributed by atoms with E-state index in [1.54, 1.807) is 0 Å². The highest BCUT2D eigenvalue weighted by Gasteiger charge is 2.32. The molecule has 0 aliphatic heterocycles. The molecule has 1 saturated carbocycles. The SMILES string of the molecule is COC(C(=O)NC1CCCC1C(N)=S)c1ccccc1. The summed E-state index contributed by atoms with van der Waals surface area (Å²) in [5.41, 5.74) is 6.58. The molecule has 4 nitrogen and oxygen atoms in total. The van der Waals surface area contributed by atoms with Crippen LogP contribution in [0.2, 0.25) is 0 Å². The second-order valence-corrected chi connectivity index (χ2v) is 5.55. The van der Waals surface area contributed by atoms with Gasteiger partial charge in [-0.2, -0.15) is 0 Å². The van der Waals surface area contributed by atoms with Crippen LogP contribution in [0.15, 0.2) is 30.3 Å². The fourth-order valence-electron chi connectivity index (χ4n) is 2.75. The molecule has 108 valence electrons. The maximum atomic E-state index is 12.4. The van der Waals surface area contributed by atoms with Crippen molar-refractivity contribution in [1.29, 1.82) is 0 Å². The molecule has 0 saturated heterocycles. The molecule has 1 aromatic rings. The van der Waals surface area contributed by atoms with E-state index in [1.165, 1.54) is 7.11 Å². The first-order valence-corrected chi connectivity index (χ1v) is 7.21. The summed E-state index contributed by atoms with van der Waals surface area (Å²) < 4.78 is 5.33. The van der Waals surface area contributed by atoms with Crippen molar-refractivity contribution in [3.63, 3.8) is 0 Å². The average molecular weight is 292 g/mol. The second-order valence-electron chi connectivity index (χ2n) is 5.08. The van der Waals surface area contributed by atoms with E-state index in [1.807, 2.05) is 30.3 Å². The molecule has 5 heteroatoms. The van der Waals surface area contributed by atoms with E-state index in [-0.39, 0.29) is 17.9 Å². The minimum Gasteiger partial charge on any atom is -0.393 e. The molecule has 1 aliphatic carbocycles. The number of benzene rings is 1. The number of nitrogens with one attached hydrogen (secondary N) is 1. The Bertz CT molecular complexity index is 478. The van der Waals surface area contributed by atoms with Gasteiger partial charge in [-0.1, -0.05) is 49.0 Å². The molecular formula is C15H20N2O2S. The smallest absolute Gasteiger partial charge is 0.253 e. The molecule has 1 aliphatic rings. The minimum atomic E-state index is -0.594. The van der Waals surface area contributed by atoms with Gasteiger partial charge in [0.25, 0.3) is 5.91 Å². The van der Waals surface area contributed by atoms with Crippen LogP contribution in [0.4, 0.5) is 0 Å². The van der Waals surface area contributed by atoms with Crippen molar-refractivity contribution in [2.24, 2.45) is 11.7 Å². The van der Waals surface area contributed by atoms with Crippen LogP contribution in [0.1, 0.15) is 30.9 Å². The largest absolute Gasteiger partial charge is 0.393 e. The maximum Gasteiger partial charge on any atom is 0.253 e. The third-order valence-electron chi connectivity index (χ3n) is 3.79. The highest BCUT2D eigenvalue weighted by Crippen LogP contribution is 2.27. The molecule has 3 N–H and O–H groups in total. The maximum absolute atomic E-state index is 12.4. The Morgan fingerprint density at radius 3 is 2.70 bits per heavy atom. The van der Waals surface area contributed by atoms with Gasteiger partial charge in [0.1, 0.15) is 0 Å². The van der Waals surface area contributed by atoms with E-state index < -0.39 is 6.10 Å². The third kappa shape index (κ3) is 3.35. The van der Waals surface area contributed by atoms with E-state index in [4.69, 9.17) is 22.7 Å². The van der Waals surface area contributed by atoms with Crippen LogP contribution in [0.3, 0.4) is 0 Å². The first-order valence-electron chi connectivity index (χ1n) is 6.81. The predicted molar refractivity (Wildman–Crippen MR) is 82.2 cm³/mol. The summed E-state index contributed by atoms with van der Waals surface area (Å²) in [7, 11) is 1.54. The van der Waals surface area contributed by atoms with Gasteiger partial charge in [0, 0.05) is 19.1 Å². The Hall–Kier alpha value is -1.46. The highest BCUT2D eigenvalue weighted by atomic mass is 32.1. The molecule has 3 atom stereocenters. The summed E-state index contributed by atoms with van der Waals surface area (Å²) >= 11 is 5.07. The van der Waals surface area contributed by atoms with Gasteiger partial charge in [0.15, 0.2) is 6.10 Å². The number of hydrogen-bond donors (Lipinski definition) is 2.